The summed E-state index contributed by atoms with van der Waals surface area (Å²) in [5, 5.41) is 9.44. The molecule has 2 heterocycles. The van der Waals surface area contributed by atoms with Crippen molar-refractivity contribution in [2.75, 3.05) is 19.8 Å². The molecule has 0 aliphatic carbocycles. The maximum absolute atomic E-state index is 11.6. The molecule has 2 unspecified atom stereocenters. The Morgan fingerprint density at radius 1 is 1.71 bits per heavy atom. The maximum atomic E-state index is 11.6. The zero-order valence-corrected chi connectivity index (χ0v) is 8.53. The van der Waals surface area contributed by atoms with E-state index in [-0.39, 0.29) is 17.9 Å². The van der Waals surface area contributed by atoms with E-state index in [0.29, 0.717) is 13.2 Å². The van der Waals surface area contributed by atoms with Crippen molar-refractivity contribution in [3.63, 3.8) is 0 Å². The number of carbonyl (C=O) groups excluding carboxylic acids is 1. The zero-order valence-electron chi connectivity index (χ0n) is 8.53. The number of aliphatic hydroxyl groups is 1. The van der Waals surface area contributed by atoms with E-state index in [9.17, 15) is 9.90 Å². The highest BCUT2D eigenvalue weighted by Crippen LogP contribution is 2.33. The van der Waals surface area contributed by atoms with Crippen molar-refractivity contribution in [2.24, 2.45) is 0 Å². The Morgan fingerprint density at radius 3 is 2.93 bits per heavy atom. The largest absolute Gasteiger partial charge is 0.391 e. The number of ether oxygens (including phenoxy) is 1. The Labute approximate surface area is 83.8 Å². The lowest BCUT2D eigenvalue weighted by Gasteiger charge is -2.36. The number of carbonyl (C=O) groups is 1. The van der Waals surface area contributed by atoms with Gasteiger partial charge >= 0.3 is 0 Å². The Hall–Kier alpha value is -0.610. The minimum atomic E-state index is -0.480. The van der Waals surface area contributed by atoms with Gasteiger partial charge < -0.3 is 14.7 Å². The van der Waals surface area contributed by atoms with Gasteiger partial charge in [-0.25, -0.2) is 0 Å². The van der Waals surface area contributed by atoms with Crippen molar-refractivity contribution in [3.05, 3.63) is 0 Å². The highest BCUT2D eigenvalue weighted by molar-refractivity contribution is 5.80. The van der Waals surface area contributed by atoms with Crippen LogP contribution in [0, 0.1) is 0 Å². The average molecular weight is 199 g/mol. The van der Waals surface area contributed by atoms with Crippen LogP contribution < -0.4 is 0 Å². The molecule has 0 bridgehead atoms. The van der Waals surface area contributed by atoms with E-state index < -0.39 is 6.10 Å². The summed E-state index contributed by atoms with van der Waals surface area (Å²) >= 11 is 0. The second kappa shape index (κ2) is 3.51. The van der Waals surface area contributed by atoms with Gasteiger partial charge in [-0.15, -0.1) is 0 Å². The van der Waals surface area contributed by atoms with Gasteiger partial charge in [0.05, 0.1) is 24.7 Å². The molecule has 2 fully saturated rings. The third-order valence-electron chi connectivity index (χ3n) is 3.42. The van der Waals surface area contributed by atoms with Crippen LogP contribution in [0.2, 0.25) is 0 Å². The number of hydrogen-bond acceptors (Lipinski definition) is 3. The van der Waals surface area contributed by atoms with Gasteiger partial charge in [-0.2, -0.15) is 0 Å². The molecule has 80 valence electrons. The summed E-state index contributed by atoms with van der Waals surface area (Å²) in [4.78, 5) is 13.5. The number of β-amino-alcohol motifs (C(OH)–C–C–N with tert-alkyl or cyclic N) is 1. The second-order valence-corrected chi connectivity index (χ2v) is 4.24. The van der Waals surface area contributed by atoms with Gasteiger partial charge in [-0.3, -0.25) is 4.79 Å². The number of nitrogens with zero attached hydrogens (tertiary/aromatic N) is 1. The fourth-order valence-electron chi connectivity index (χ4n) is 2.43. The SMILES string of the molecule is CCC1(N2CC(O)CC2=O)CCOC1. The molecule has 0 spiro atoms. The van der Waals surface area contributed by atoms with Crippen molar-refractivity contribution in [2.45, 2.75) is 37.8 Å². The number of aliphatic hydroxyl groups excluding tert-OH is 1. The van der Waals surface area contributed by atoms with Gasteiger partial charge in [0.2, 0.25) is 5.91 Å². The van der Waals surface area contributed by atoms with Crippen LogP contribution in [0.5, 0.6) is 0 Å². The summed E-state index contributed by atoms with van der Waals surface area (Å²) in [6.45, 7) is 3.92. The predicted octanol–water partition coefficient (Wildman–Crippen LogP) is 0.149. The van der Waals surface area contributed by atoms with Crippen molar-refractivity contribution in [3.8, 4) is 0 Å². The van der Waals surface area contributed by atoms with E-state index in [0.717, 1.165) is 19.4 Å². The molecule has 14 heavy (non-hydrogen) atoms. The molecular weight excluding hydrogens is 182 g/mol. The lowest BCUT2D eigenvalue weighted by molar-refractivity contribution is -0.133. The summed E-state index contributed by atoms with van der Waals surface area (Å²) in [6.07, 6.45) is 1.61. The van der Waals surface area contributed by atoms with Crippen LogP contribution >= 0.6 is 0 Å². The molecule has 2 aliphatic rings. The summed E-state index contributed by atoms with van der Waals surface area (Å²) in [5.74, 6) is 0.0739. The van der Waals surface area contributed by atoms with Crippen molar-refractivity contribution in [1.82, 2.24) is 4.90 Å². The summed E-state index contributed by atoms with van der Waals surface area (Å²) in [7, 11) is 0. The number of rotatable bonds is 2. The zero-order chi connectivity index (χ0) is 10.2. The predicted molar refractivity (Wildman–Crippen MR) is 50.8 cm³/mol. The standard InChI is InChI=1S/C10H17NO3/c1-2-10(3-4-14-7-10)11-6-8(12)5-9(11)13/h8,12H,2-7H2,1H3. The fourth-order valence-corrected chi connectivity index (χ4v) is 2.43. The molecule has 2 rings (SSSR count). The van der Waals surface area contributed by atoms with Crippen LogP contribution in [0.4, 0.5) is 0 Å². The van der Waals surface area contributed by atoms with Crippen molar-refractivity contribution in [1.29, 1.82) is 0 Å². The van der Waals surface area contributed by atoms with Crippen LogP contribution in [-0.4, -0.2) is 47.3 Å². The fraction of sp³-hybridized carbons (Fsp3) is 0.900. The monoisotopic (exact) mass is 199 g/mol. The summed E-state index contributed by atoms with van der Waals surface area (Å²) in [5.41, 5.74) is -0.130. The molecule has 1 N–H and O–H groups in total. The van der Waals surface area contributed by atoms with Crippen LogP contribution in [0.1, 0.15) is 26.2 Å². The van der Waals surface area contributed by atoms with Crippen LogP contribution in [0.3, 0.4) is 0 Å². The summed E-state index contributed by atoms with van der Waals surface area (Å²) < 4.78 is 5.37. The molecular formula is C10H17NO3. The van der Waals surface area contributed by atoms with E-state index in [1.54, 1.807) is 0 Å². The van der Waals surface area contributed by atoms with E-state index in [1.165, 1.54) is 0 Å². The third kappa shape index (κ3) is 1.42. The Bertz CT molecular complexity index is 236. The topological polar surface area (TPSA) is 49.8 Å². The van der Waals surface area contributed by atoms with Crippen LogP contribution in [-0.2, 0) is 9.53 Å². The third-order valence-corrected chi connectivity index (χ3v) is 3.42. The minimum Gasteiger partial charge on any atom is -0.391 e. The molecule has 4 heteroatoms. The molecule has 0 aromatic heterocycles. The van der Waals surface area contributed by atoms with Gasteiger partial charge in [-0.05, 0) is 12.8 Å². The molecule has 2 atom stereocenters. The Balaban J connectivity index is 2.15. The van der Waals surface area contributed by atoms with Gasteiger partial charge in [0, 0.05) is 13.2 Å². The van der Waals surface area contributed by atoms with Gasteiger partial charge in [0.25, 0.3) is 0 Å². The first-order chi connectivity index (χ1) is 6.68. The molecule has 0 radical (unpaired) electrons. The first kappa shape index (κ1) is 9.93. The highest BCUT2D eigenvalue weighted by Gasteiger charge is 2.45. The van der Waals surface area contributed by atoms with Gasteiger partial charge in [0.15, 0.2) is 0 Å². The first-order valence-electron chi connectivity index (χ1n) is 5.24. The van der Waals surface area contributed by atoms with Crippen molar-refractivity contribution < 1.29 is 14.6 Å². The Kier molecular flexibility index (Phi) is 2.49. The molecule has 2 saturated heterocycles. The molecule has 0 saturated carbocycles. The van der Waals surface area contributed by atoms with E-state index in [2.05, 4.69) is 6.92 Å². The molecule has 0 aromatic rings. The first-order valence-corrected chi connectivity index (χ1v) is 5.24. The van der Waals surface area contributed by atoms with Gasteiger partial charge in [-0.1, -0.05) is 6.92 Å². The van der Waals surface area contributed by atoms with Crippen LogP contribution in [0.15, 0.2) is 0 Å². The Morgan fingerprint density at radius 2 is 2.50 bits per heavy atom. The lowest BCUT2D eigenvalue weighted by Crippen LogP contribution is -2.50. The molecule has 0 aromatic carbocycles. The molecule has 1 amide bonds. The van der Waals surface area contributed by atoms with Crippen LogP contribution in [0.25, 0.3) is 0 Å². The van der Waals surface area contributed by atoms with E-state index >= 15 is 0 Å². The maximum Gasteiger partial charge on any atom is 0.225 e. The molecule has 2 aliphatic heterocycles. The number of hydrogen-bond donors (Lipinski definition) is 1. The van der Waals surface area contributed by atoms with E-state index in [4.69, 9.17) is 4.74 Å². The highest BCUT2D eigenvalue weighted by atomic mass is 16.5. The lowest BCUT2D eigenvalue weighted by atomic mass is 9.93. The molecule has 4 nitrogen and oxygen atoms in total. The normalized spacial score (nSPS) is 38.3. The van der Waals surface area contributed by atoms with E-state index in [1.807, 2.05) is 4.90 Å². The number of likely N-dealkylation sites (tertiary alicyclic amines) is 1. The smallest absolute Gasteiger partial charge is 0.225 e. The van der Waals surface area contributed by atoms with Gasteiger partial charge in [0.1, 0.15) is 0 Å². The minimum absolute atomic E-state index is 0.0739. The quantitative estimate of drug-likeness (QED) is 0.688. The van der Waals surface area contributed by atoms with Crippen molar-refractivity contribution >= 4 is 5.91 Å². The second-order valence-electron chi connectivity index (χ2n) is 4.24. The number of amides is 1. The summed E-state index contributed by atoms with van der Waals surface area (Å²) in [6, 6.07) is 0. The average Bonchev–Trinajstić information content (AvgIpc) is 2.73.